The van der Waals surface area contributed by atoms with E-state index in [2.05, 4.69) is 40.7 Å². The van der Waals surface area contributed by atoms with Gasteiger partial charge in [0.25, 0.3) is 0 Å². The van der Waals surface area contributed by atoms with Crippen molar-refractivity contribution in [3.05, 3.63) is 11.6 Å². The molecule has 9 rings (SSSR count). The molecule has 24 nitrogen and oxygen atoms in total. The van der Waals surface area contributed by atoms with Gasteiger partial charge in [0.05, 0.1) is 44.7 Å². The highest BCUT2D eigenvalue weighted by atomic mass is 16.8. The van der Waals surface area contributed by atoms with Crippen LogP contribution in [0.2, 0.25) is 0 Å². The van der Waals surface area contributed by atoms with E-state index in [4.69, 9.17) is 37.9 Å². The van der Waals surface area contributed by atoms with Crippen LogP contribution in [0.4, 0.5) is 0 Å². The standard InChI is InChI=1S/C53H86O24/c1-48(2)14-15-53(20-56)22(16-48)21-8-9-27-50(5)12-11-28(49(3,4)26(50)10-13-51(27,6)52(21,7)41(66)42(53)67)73-47-40(77-45-35(64)33(62)31(60)25(18-55)72-45)37(36(65)38(75-47)43(68)69)74-46-39(29(58)23(57)19-70-46)76-44-34(63)32(61)30(59)24(17-54)71-44/h8,22-42,44-47,54-67H,9-20H2,1-7H3,(H,68,69)/t22-,23-,24-,25-,26-,27+,28+,29+,30-,31-,32+,33+,34-,35-,36+,37+,38+,39-,40-,41+,42-,44+,45+,46+,47-,50+,51-,52+,53-/m1/s1. The van der Waals surface area contributed by atoms with Crippen molar-refractivity contribution in [3.8, 4) is 0 Å². The number of fused-ring (bicyclic) bond motifs is 7. The molecule has 29 atom stereocenters. The van der Waals surface area contributed by atoms with Gasteiger partial charge >= 0.3 is 5.97 Å². The summed E-state index contributed by atoms with van der Waals surface area (Å²) in [4.78, 5) is 13.1. The van der Waals surface area contributed by atoms with Gasteiger partial charge in [0.1, 0.15) is 85.5 Å². The van der Waals surface area contributed by atoms with Crippen molar-refractivity contribution in [2.75, 3.05) is 26.4 Å². The first-order valence-corrected chi connectivity index (χ1v) is 27.4. The fourth-order valence-corrected chi connectivity index (χ4v) is 16.5. The molecule has 9 aliphatic rings. The number of aliphatic hydroxyl groups is 14. The molecule has 8 fully saturated rings. The fourth-order valence-electron chi connectivity index (χ4n) is 16.5. The zero-order valence-electron chi connectivity index (χ0n) is 44.9. The molecule has 442 valence electrons. The molecule has 0 bridgehead atoms. The van der Waals surface area contributed by atoms with Gasteiger partial charge in [-0.1, -0.05) is 60.1 Å². The Morgan fingerprint density at radius 2 is 1.18 bits per heavy atom. The number of hydrogen-bond donors (Lipinski definition) is 15. The van der Waals surface area contributed by atoms with Gasteiger partial charge < -0.3 is 114 Å². The van der Waals surface area contributed by atoms with Crippen molar-refractivity contribution in [2.24, 2.45) is 50.2 Å². The average molecular weight is 1110 g/mol. The summed E-state index contributed by atoms with van der Waals surface area (Å²) < 4.78 is 48.5. The van der Waals surface area contributed by atoms with Gasteiger partial charge in [-0.25, -0.2) is 4.79 Å². The Labute approximate surface area is 447 Å². The van der Waals surface area contributed by atoms with Crippen LogP contribution in [0.1, 0.15) is 99.8 Å². The molecule has 0 spiro atoms. The van der Waals surface area contributed by atoms with Crippen molar-refractivity contribution in [2.45, 2.75) is 235 Å². The van der Waals surface area contributed by atoms with Gasteiger partial charge in [0.15, 0.2) is 31.3 Å². The van der Waals surface area contributed by atoms with Crippen molar-refractivity contribution in [1.29, 1.82) is 0 Å². The molecule has 4 saturated carbocycles. The van der Waals surface area contributed by atoms with Crippen LogP contribution in [-0.4, -0.2) is 244 Å². The molecule has 0 amide bonds. The van der Waals surface area contributed by atoms with Crippen LogP contribution in [0.25, 0.3) is 0 Å². The molecule has 0 aromatic carbocycles. The lowest BCUT2D eigenvalue weighted by atomic mass is 9.32. The SMILES string of the molecule is CC1(C)CC[C@@]2(CO)[C@H](C1)C1=CC[C@H]3[C@@]4(C)CC[C@H](O[C@@H]5O[C@H](C(=O)O)[C@@H](O)[C@H](O[C@@H]6OC[C@@H](O)[C@H](O)[C@H]6O[C@@H]6O[C@H](CO)[C@@H](O)[C@H](O)[C@H]6O)[C@H]5O[C@@H]5O[C@H](CO)[C@@H](O)[C@H](O)[C@H]5O)C(C)(C)[C@H]4CC[C@@]3(C)[C@]1(C)[C@@H](O)[C@H]2O. The molecule has 24 heteroatoms. The largest absolute Gasteiger partial charge is 0.479 e. The molecule has 4 heterocycles. The second kappa shape index (κ2) is 21.5. The lowest BCUT2D eigenvalue weighted by molar-refractivity contribution is -0.401. The minimum Gasteiger partial charge on any atom is -0.479 e. The Hall–Kier alpha value is -1.67. The molecule has 0 radical (unpaired) electrons. The maximum Gasteiger partial charge on any atom is 0.335 e. The molecule has 77 heavy (non-hydrogen) atoms. The van der Waals surface area contributed by atoms with Crippen molar-refractivity contribution < 1.29 is 119 Å². The minimum atomic E-state index is -2.22. The third kappa shape index (κ3) is 9.50. The number of ether oxygens (including phenoxy) is 8. The molecule has 15 N–H and O–H groups in total. The van der Waals surface area contributed by atoms with E-state index in [0.717, 1.165) is 18.4 Å². The summed E-state index contributed by atoms with van der Waals surface area (Å²) in [7, 11) is 0. The highest BCUT2D eigenvalue weighted by Crippen LogP contribution is 2.76. The lowest BCUT2D eigenvalue weighted by Gasteiger charge is -2.73. The Bertz CT molecular complexity index is 2130. The smallest absolute Gasteiger partial charge is 0.335 e. The number of rotatable bonds is 12. The molecule has 0 aromatic heterocycles. The molecule has 5 aliphatic carbocycles. The van der Waals surface area contributed by atoms with Crippen LogP contribution in [0.3, 0.4) is 0 Å². The third-order valence-corrected chi connectivity index (χ3v) is 21.3. The van der Waals surface area contributed by atoms with Crippen molar-refractivity contribution in [1.82, 2.24) is 0 Å². The van der Waals surface area contributed by atoms with Gasteiger partial charge in [-0.3, -0.25) is 0 Å². The van der Waals surface area contributed by atoms with Crippen LogP contribution in [-0.2, 0) is 42.7 Å². The second-order valence-corrected chi connectivity index (χ2v) is 26.1. The molecule has 0 unspecified atom stereocenters. The van der Waals surface area contributed by atoms with E-state index >= 15 is 0 Å². The second-order valence-electron chi connectivity index (χ2n) is 26.1. The summed E-state index contributed by atoms with van der Waals surface area (Å²) in [6, 6.07) is 0. The predicted molar refractivity (Wildman–Crippen MR) is 260 cm³/mol. The normalized spacial score (nSPS) is 54.5. The first-order valence-electron chi connectivity index (χ1n) is 27.4. The number of hydrogen-bond acceptors (Lipinski definition) is 23. The Balaban J connectivity index is 1.04. The highest BCUT2D eigenvalue weighted by Gasteiger charge is 2.73. The molecule has 0 aromatic rings. The van der Waals surface area contributed by atoms with Crippen LogP contribution in [0.5, 0.6) is 0 Å². The van der Waals surface area contributed by atoms with Crippen LogP contribution in [0.15, 0.2) is 11.6 Å². The van der Waals surface area contributed by atoms with E-state index in [1.54, 1.807) is 0 Å². The summed E-state index contributed by atoms with van der Waals surface area (Å²) in [5.74, 6) is -1.93. The van der Waals surface area contributed by atoms with E-state index in [-0.39, 0.29) is 29.8 Å². The first kappa shape index (κ1) is 59.9. The maximum atomic E-state index is 13.1. The van der Waals surface area contributed by atoms with E-state index in [9.17, 15) is 81.4 Å². The van der Waals surface area contributed by atoms with E-state index < -0.39 is 188 Å². The predicted octanol–water partition coefficient (Wildman–Crippen LogP) is -2.89. The minimum absolute atomic E-state index is 0.0113. The number of aliphatic carboxylic acids is 1. The van der Waals surface area contributed by atoms with E-state index in [1.807, 2.05) is 13.8 Å². The highest BCUT2D eigenvalue weighted by molar-refractivity contribution is 5.73. The lowest BCUT2D eigenvalue weighted by Crippen LogP contribution is -2.72. The molecular formula is C53H86O24. The summed E-state index contributed by atoms with van der Waals surface area (Å²) >= 11 is 0. The van der Waals surface area contributed by atoms with Crippen LogP contribution < -0.4 is 0 Å². The number of carboxylic acid groups (broad SMARTS) is 1. The summed E-state index contributed by atoms with van der Waals surface area (Å²) in [6.45, 7) is 12.5. The molecule has 4 saturated heterocycles. The zero-order chi connectivity index (χ0) is 56.4. The summed E-state index contributed by atoms with van der Waals surface area (Å²) in [5.41, 5.74) is -2.34. The fraction of sp³-hybridized carbons (Fsp3) is 0.943. The number of carboxylic acids is 1. The number of allylic oxidation sites excluding steroid dienone is 1. The first-order chi connectivity index (χ1) is 36.0. The Morgan fingerprint density at radius 1 is 0.597 bits per heavy atom. The topological polar surface area (TPSA) is 394 Å². The Kier molecular flexibility index (Phi) is 16.7. The van der Waals surface area contributed by atoms with Crippen molar-refractivity contribution in [3.63, 3.8) is 0 Å². The van der Waals surface area contributed by atoms with E-state index in [0.29, 0.717) is 38.5 Å². The van der Waals surface area contributed by atoms with Gasteiger partial charge in [0, 0.05) is 10.8 Å². The Morgan fingerprint density at radius 3 is 1.75 bits per heavy atom. The summed E-state index contributed by atoms with van der Waals surface area (Å²) in [5, 5.41) is 165. The zero-order valence-corrected chi connectivity index (χ0v) is 44.9. The number of carbonyl (C=O) groups is 1. The van der Waals surface area contributed by atoms with Crippen LogP contribution >= 0.6 is 0 Å². The van der Waals surface area contributed by atoms with E-state index in [1.165, 1.54) is 0 Å². The molecule has 4 aliphatic heterocycles. The summed E-state index contributed by atoms with van der Waals surface area (Å²) in [6.07, 6.45) is -31.7. The quantitative estimate of drug-likeness (QED) is 0.0689. The van der Waals surface area contributed by atoms with Crippen LogP contribution in [0, 0.1) is 50.2 Å². The maximum absolute atomic E-state index is 13.1. The van der Waals surface area contributed by atoms with Gasteiger partial charge in [0.2, 0.25) is 0 Å². The number of aliphatic hydroxyl groups excluding tert-OH is 14. The van der Waals surface area contributed by atoms with Gasteiger partial charge in [-0.05, 0) is 90.8 Å². The van der Waals surface area contributed by atoms with Gasteiger partial charge in [-0.15, -0.1) is 0 Å². The average Bonchev–Trinajstić information content (AvgIpc) is 3.47. The van der Waals surface area contributed by atoms with Crippen molar-refractivity contribution >= 4 is 5.97 Å². The monoisotopic (exact) mass is 1110 g/mol. The molecular weight excluding hydrogens is 1020 g/mol. The third-order valence-electron chi connectivity index (χ3n) is 21.3. The van der Waals surface area contributed by atoms with Gasteiger partial charge in [-0.2, -0.15) is 0 Å².